The summed E-state index contributed by atoms with van der Waals surface area (Å²) >= 11 is 0. The predicted molar refractivity (Wildman–Crippen MR) is 69.8 cm³/mol. The number of amides is 2. The lowest BCUT2D eigenvalue weighted by Gasteiger charge is -2.30. The SMILES string of the molecule is CCC(CC)N(CCO)C(=O)NCCC(O)C(=O)O. The third kappa shape index (κ3) is 6.40. The first kappa shape index (κ1) is 17.7. The standard InChI is InChI=1S/C12H24N2O5/c1-3-9(4-2)14(7-8-15)12(19)13-6-5-10(16)11(17)18/h9-10,15-16H,3-8H2,1-2H3,(H,13,19)(H,17,18). The number of rotatable bonds is 9. The van der Waals surface area contributed by atoms with E-state index >= 15 is 0 Å². The molecule has 112 valence electrons. The van der Waals surface area contributed by atoms with Crippen LogP contribution < -0.4 is 5.32 Å². The number of urea groups is 1. The van der Waals surface area contributed by atoms with Crippen molar-refractivity contribution in [3.63, 3.8) is 0 Å². The quantitative estimate of drug-likeness (QED) is 0.474. The number of aliphatic hydroxyl groups excluding tert-OH is 2. The van der Waals surface area contributed by atoms with Gasteiger partial charge in [0.1, 0.15) is 0 Å². The highest BCUT2D eigenvalue weighted by molar-refractivity contribution is 5.75. The van der Waals surface area contributed by atoms with Crippen molar-refractivity contribution in [3.05, 3.63) is 0 Å². The molecule has 0 rings (SSSR count). The molecular weight excluding hydrogens is 252 g/mol. The van der Waals surface area contributed by atoms with E-state index in [4.69, 9.17) is 15.3 Å². The van der Waals surface area contributed by atoms with E-state index < -0.39 is 12.1 Å². The summed E-state index contributed by atoms with van der Waals surface area (Å²) in [6.07, 6.45) is 0.0417. The van der Waals surface area contributed by atoms with E-state index in [9.17, 15) is 9.59 Å². The molecule has 0 saturated carbocycles. The Labute approximate surface area is 113 Å². The molecule has 0 spiro atoms. The second kappa shape index (κ2) is 9.57. The van der Waals surface area contributed by atoms with Crippen LogP contribution in [0.15, 0.2) is 0 Å². The lowest BCUT2D eigenvalue weighted by Crippen LogP contribution is -2.47. The molecule has 0 aromatic carbocycles. The minimum absolute atomic E-state index is 0.0385. The van der Waals surface area contributed by atoms with Gasteiger partial charge in [-0.15, -0.1) is 0 Å². The Balaban J connectivity index is 4.29. The molecule has 1 atom stereocenters. The van der Waals surface area contributed by atoms with Gasteiger partial charge in [-0.3, -0.25) is 0 Å². The maximum atomic E-state index is 11.9. The van der Waals surface area contributed by atoms with E-state index in [-0.39, 0.29) is 38.2 Å². The molecule has 7 heteroatoms. The normalized spacial score (nSPS) is 12.3. The molecule has 0 aliphatic rings. The smallest absolute Gasteiger partial charge is 0.332 e. The van der Waals surface area contributed by atoms with Crippen LogP contribution in [-0.4, -0.2) is 64.1 Å². The highest BCUT2D eigenvalue weighted by Crippen LogP contribution is 2.08. The minimum Gasteiger partial charge on any atom is -0.479 e. The zero-order valence-corrected chi connectivity index (χ0v) is 11.5. The van der Waals surface area contributed by atoms with Gasteiger partial charge in [0.05, 0.1) is 6.61 Å². The van der Waals surface area contributed by atoms with Gasteiger partial charge in [-0.05, 0) is 12.8 Å². The lowest BCUT2D eigenvalue weighted by molar-refractivity contribution is -0.146. The third-order valence-corrected chi connectivity index (χ3v) is 2.96. The molecule has 0 fully saturated rings. The van der Waals surface area contributed by atoms with Gasteiger partial charge in [0.15, 0.2) is 6.10 Å². The molecular formula is C12H24N2O5. The molecule has 0 radical (unpaired) electrons. The molecule has 4 N–H and O–H groups in total. The molecule has 2 amide bonds. The molecule has 7 nitrogen and oxygen atoms in total. The van der Waals surface area contributed by atoms with Crippen LogP contribution in [0.5, 0.6) is 0 Å². The van der Waals surface area contributed by atoms with Crippen molar-refractivity contribution in [2.24, 2.45) is 0 Å². The van der Waals surface area contributed by atoms with Crippen LogP contribution in [0.2, 0.25) is 0 Å². The predicted octanol–water partition coefficient (Wildman–Crippen LogP) is 0.0145. The van der Waals surface area contributed by atoms with Crippen molar-refractivity contribution in [1.82, 2.24) is 10.2 Å². The van der Waals surface area contributed by atoms with E-state index in [1.54, 1.807) is 0 Å². The van der Waals surface area contributed by atoms with Crippen molar-refractivity contribution < 1.29 is 24.9 Å². The maximum absolute atomic E-state index is 11.9. The largest absolute Gasteiger partial charge is 0.479 e. The summed E-state index contributed by atoms with van der Waals surface area (Å²) in [6.45, 7) is 4.11. The molecule has 0 aromatic heterocycles. The summed E-state index contributed by atoms with van der Waals surface area (Å²) in [5.74, 6) is -1.30. The molecule has 1 unspecified atom stereocenters. The summed E-state index contributed by atoms with van der Waals surface area (Å²) in [5.41, 5.74) is 0. The molecule has 0 aliphatic carbocycles. The highest BCUT2D eigenvalue weighted by Gasteiger charge is 2.21. The molecule has 0 bridgehead atoms. The van der Waals surface area contributed by atoms with Crippen LogP contribution in [-0.2, 0) is 4.79 Å². The summed E-state index contributed by atoms with van der Waals surface area (Å²) in [7, 11) is 0. The van der Waals surface area contributed by atoms with E-state index in [1.165, 1.54) is 4.90 Å². The number of hydrogen-bond donors (Lipinski definition) is 4. The summed E-state index contributed by atoms with van der Waals surface area (Å²) < 4.78 is 0. The van der Waals surface area contributed by atoms with Gasteiger partial charge in [-0.1, -0.05) is 13.8 Å². The van der Waals surface area contributed by atoms with E-state index in [2.05, 4.69) is 5.32 Å². The number of carboxylic acid groups (broad SMARTS) is 1. The second-order valence-electron chi connectivity index (χ2n) is 4.26. The van der Waals surface area contributed by atoms with Crippen LogP contribution in [0.1, 0.15) is 33.1 Å². The van der Waals surface area contributed by atoms with E-state index in [0.717, 1.165) is 12.8 Å². The van der Waals surface area contributed by atoms with Gasteiger partial charge in [-0.25, -0.2) is 9.59 Å². The fourth-order valence-electron chi connectivity index (χ4n) is 1.83. The van der Waals surface area contributed by atoms with Gasteiger partial charge in [0, 0.05) is 25.6 Å². The number of nitrogens with zero attached hydrogens (tertiary/aromatic N) is 1. The van der Waals surface area contributed by atoms with Crippen LogP contribution >= 0.6 is 0 Å². The van der Waals surface area contributed by atoms with Crippen LogP contribution in [0.4, 0.5) is 4.79 Å². The second-order valence-corrected chi connectivity index (χ2v) is 4.26. The van der Waals surface area contributed by atoms with Crippen molar-refractivity contribution in [3.8, 4) is 0 Å². The number of aliphatic hydroxyl groups is 2. The molecule has 19 heavy (non-hydrogen) atoms. The highest BCUT2D eigenvalue weighted by atomic mass is 16.4. The van der Waals surface area contributed by atoms with Gasteiger partial charge in [0.2, 0.25) is 0 Å². The van der Waals surface area contributed by atoms with Gasteiger partial charge < -0.3 is 25.5 Å². The van der Waals surface area contributed by atoms with Crippen LogP contribution in [0.25, 0.3) is 0 Å². The number of nitrogens with one attached hydrogen (secondary N) is 1. The molecule has 0 aromatic rings. The first-order chi connectivity index (χ1) is 8.97. The van der Waals surface area contributed by atoms with Crippen LogP contribution in [0, 0.1) is 0 Å². The van der Waals surface area contributed by atoms with Crippen molar-refractivity contribution >= 4 is 12.0 Å². The minimum atomic E-state index is -1.47. The third-order valence-electron chi connectivity index (χ3n) is 2.96. The van der Waals surface area contributed by atoms with E-state index in [0.29, 0.717) is 0 Å². The topological polar surface area (TPSA) is 110 Å². The Bertz CT molecular complexity index is 281. The fourth-order valence-corrected chi connectivity index (χ4v) is 1.83. The Morgan fingerprint density at radius 3 is 2.26 bits per heavy atom. The van der Waals surface area contributed by atoms with E-state index in [1.807, 2.05) is 13.8 Å². The Morgan fingerprint density at radius 1 is 1.26 bits per heavy atom. The van der Waals surface area contributed by atoms with Gasteiger partial charge in [0.25, 0.3) is 0 Å². The monoisotopic (exact) mass is 276 g/mol. The number of aliphatic carboxylic acids is 1. The lowest BCUT2D eigenvalue weighted by atomic mass is 10.1. The first-order valence-corrected chi connectivity index (χ1v) is 6.54. The molecule has 0 heterocycles. The van der Waals surface area contributed by atoms with Gasteiger partial charge >= 0.3 is 12.0 Å². The van der Waals surface area contributed by atoms with Crippen molar-refractivity contribution in [2.75, 3.05) is 19.7 Å². The molecule has 0 saturated heterocycles. The maximum Gasteiger partial charge on any atom is 0.332 e. The fraction of sp³-hybridized carbons (Fsp3) is 0.833. The molecule has 0 aliphatic heterocycles. The Hall–Kier alpha value is -1.34. The zero-order chi connectivity index (χ0) is 14.8. The first-order valence-electron chi connectivity index (χ1n) is 6.54. The van der Waals surface area contributed by atoms with Gasteiger partial charge in [-0.2, -0.15) is 0 Å². The average Bonchev–Trinajstić information content (AvgIpc) is 2.38. The summed E-state index contributed by atoms with van der Waals surface area (Å²) in [6, 6.07) is -0.308. The van der Waals surface area contributed by atoms with Crippen LogP contribution in [0.3, 0.4) is 0 Å². The number of carbonyl (C=O) groups excluding carboxylic acids is 1. The van der Waals surface area contributed by atoms with Crippen molar-refractivity contribution in [2.45, 2.75) is 45.3 Å². The Kier molecular flexibility index (Phi) is 8.90. The summed E-state index contributed by atoms with van der Waals surface area (Å²) in [5, 5.41) is 29.1. The van der Waals surface area contributed by atoms with Crippen molar-refractivity contribution in [1.29, 1.82) is 0 Å². The number of hydrogen-bond acceptors (Lipinski definition) is 4. The zero-order valence-electron chi connectivity index (χ0n) is 11.5. The average molecular weight is 276 g/mol. The number of carboxylic acids is 1. The number of carbonyl (C=O) groups is 2. The summed E-state index contributed by atoms with van der Waals surface area (Å²) in [4.78, 5) is 23.9. The Morgan fingerprint density at radius 2 is 1.84 bits per heavy atom.